The first-order valence-electron chi connectivity index (χ1n) is 9.03. The van der Waals surface area contributed by atoms with Gasteiger partial charge in [-0.2, -0.15) is 5.10 Å². The van der Waals surface area contributed by atoms with Crippen molar-refractivity contribution < 1.29 is 4.74 Å². The number of anilines is 2. The van der Waals surface area contributed by atoms with Crippen molar-refractivity contribution in [2.75, 3.05) is 17.7 Å². The molecular weight excluding hydrogens is 404 g/mol. The molecule has 0 saturated carbocycles. The first-order valence-corrected chi connectivity index (χ1v) is 9.81. The molecular formula is C22H19ClN4OS. The first-order chi connectivity index (χ1) is 14.1. The molecule has 2 N–H and O–H groups in total. The van der Waals surface area contributed by atoms with E-state index in [1.54, 1.807) is 31.5 Å². The van der Waals surface area contributed by atoms with Gasteiger partial charge in [-0.15, -0.1) is 0 Å². The third kappa shape index (κ3) is 4.50. The van der Waals surface area contributed by atoms with Gasteiger partial charge in [-0.05, 0) is 46.8 Å². The maximum Gasteiger partial charge on any atom is 0.175 e. The number of aromatic nitrogens is 2. The van der Waals surface area contributed by atoms with Gasteiger partial charge < -0.3 is 15.4 Å². The van der Waals surface area contributed by atoms with E-state index in [1.807, 2.05) is 16.9 Å². The fraction of sp³-hybridized carbons (Fsp3) is 0.0909. The van der Waals surface area contributed by atoms with E-state index >= 15 is 0 Å². The average molecular weight is 423 g/mol. The molecule has 7 heteroatoms. The summed E-state index contributed by atoms with van der Waals surface area (Å²) in [5.74, 6) is 0.658. The molecule has 4 rings (SSSR count). The molecule has 4 aromatic rings. The van der Waals surface area contributed by atoms with E-state index in [2.05, 4.69) is 52.1 Å². The number of hydrogen-bond acceptors (Lipinski definition) is 3. The lowest BCUT2D eigenvalue weighted by molar-refractivity contribution is 0.417. The lowest BCUT2D eigenvalue weighted by atomic mass is 10.0. The minimum atomic E-state index is 0.426. The van der Waals surface area contributed by atoms with Gasteiger partial charge in [0, 0.05) is 11.2 Å². The van der Waals surface area contributed by atoms with Crippen LogP contribution in [0, 0.1) is 0 Å². The number of nitrogens with zero attached hydrogens (tertiary/aromatic N) is 2. The van der Waals surface area contributed by atoms with Crippen molar-refractivity contribution in [1.82, 2.24) is 9.78 Å². The number of hydrogen-bond donors (Lipinski definition) is 2. The van der Waals surface area contributed by atoms with Gasteiger partial charge in [0.25, 0.3) is 0 Å². The van der Waals surface area contributed by atoms with E-state index in [4.69, 9.17) is 28.6 Å². The van der Waals surface area contributed by atoms with Crippen LogP contribution in [0.15, 0.2) is 73.1 Å². The summed E-state index contributed by atoms with van der Waals surface area (Å²) in [6.07, 6.45) is 3.67. The van der Waals surface area contributed by atoms with Crippen molar-refractivity contribution in [2.24, 2.45) is 0 Å². The van der Waals surface area contributed by atoms with Crippen LogP contribution in [-0.2, 0) is 6.54 Å². The van der Waals surface area contributed by atoms with Crippen molar-refractivity contribution in [2.45, 2.75) is 6.54 Å². The Morgan fingerprint density at radius 3 is 2.79 bits per heavy atom. The predicted octanol–water partition coefficient (Wildman–Crippen LogP) is 5.56. The molecule has 0 unspecified atom stereocenters. The Labute approximate surface area is 179 Å². The normalized spacial score (nSPS) is 10.7. The van der Waals surface area contributed by atoms with E-state index in [-0.39, 0.29) is 0 Å². The largest absolute Gasteiger partial charge is 0.495 e. The molecule has 0 fully saturated rings. The van der Waals surface area contributed by atoms with Gasteiger partial charge in [0.1, 0.15) is 5.75 Å². The molecule has 0 aliphatic carbocycles. The Kier molecular flexibility index (Phi) is 5.64. The molecule has 0 atom stereocenters. The van der Waals surface area contributed by atoms with E-state index in [1.165, 1.54) is 16.3 Å². The summed E-state index contributed by atoms with van der Waals surface area (Å²) in [5.41, 5.74) is 2.70. The standard InChI is InChI=1S/C22H19ClN4OS/c1-28-21-10-9-17(23)11-20(21)26-22(29)25-18-12-24-27(14-18)13-16-7-4-6-15-5-2-3-8-19(15)16/h2-12,14H,13H2,1H3,(H2,25,26,29). The summed E-state index contributed by atoms with van der Waals surface area (Å²) >= 11 is 11.5. The number of methoxy groups -OCH3 is 1. The Morgan fingerprint density at radius 2 is 1.93 bits per heavy atom. The molecule has 5 nitrogen and oxygen atoms in total. The van der Waals surface area contributed by atoms with E-state index in [0.717, 1.165) is 5.69 Å². The lowest BCUT2D eigenvalue weighted by Crippen LogP contribution is -2.19. The second kappa shape index (κ2) is 8.51. The summed E-state index contributed by atoms with van der Waals surface area (Å²) in [6.45, 7) is 0.672. The molecule has 0 aliphatic heterocycles. The van der Waals surface area contributed by atoms with Gasteiger partial charge in [0.15, 0.2) is 5.11 Å². The lowest BCUT2D eigenvalue weighted by Gasteiger charge is -2.12. The summed E-state index contributed by atoms with van der Waals surface area (Å²) in [5, 5.41) is 14.2. The molecule has 146 valence electrons. The molecule has 0 bridgehead atoms. The highest BCUT2D eigenvalue weighted by Crippen LogP contribution is 2.28. The number of halogens is 1. The van der Waals surface area contributed by atoms with E-state index in [9.17, 15) is 0 Å². The summed E-state index contributed by atoms with van der Waals surface area (Å²) in [6, 6.07) is 20.0. The van der Waals surface area contributed by atoms with Crippen LogP contribution in [0.3, 0.4) is 0 Å². The zero-order valence-corrected chi connectivity index (χ0v) is 17.3. The van der Waals surface area contributed by atoms with Crippen molar-refractivity contribution >= 4 is 51.1 Å². The Morgan fingerprint density at radius 1 is 1.10 bits per heavy atom. The van der Waals surface area contributed by atoms with Gasteiger partial charge in [0.2, 0.25) is 0 Å². The van der Waals surface area contributed by atoms with Crippen LogP contribution in [0.25, 0.3) is 10.8 Å². The summed E-state index contributed by atoms with van der Waals surface area (Å²) in [4.78, 5) is 0. The van der Waals surface area contributed by atoms with Crippen LogP contribution in [0.2, 0.25) is 5.02 Å². The van der Waals surface area contributed by atoms with Gasteiger partial charge in [0.05, 0.1) is 31.2 Å². The van der Waals surface area contributed by atoms with Gasteiger partial charge in [-0.1, -0.05) is 54.1 Å². The fourth-order valence-corrected chi connectivity index (χ4v) is 3.58. The molecule has 1 aromatic heterocycles. The van der Waals surface area contributed by atoms with Crippen LogP contribution < -0.4 is 15.4 Å². The molecule has 1 heterocycles. The highest BCUT2D eigenvalue weighted by molar-refractivity contribution is 7.80. The second-order valence-electron chi connectivity index (χ2n) is 6.49. The molecule has 0 radical (unpaired) electrons. The average Bonchev–Trinajstić information content (AvgIpc) is 3.15. The van der Waals surface area contributed by atoms with E-state index in [0.29, 0.717) is 28.1 Å². The van der Waals surface area contributed by atoms with Crippen LogP contribution >= 0.6 is 23.8 Å². The molecule has 0 spiro atoms. The summed E-state index contributed by atoms with van der Waals surface area (Å²) < 4.78 is 7.21. The second-order valence-corrected chi connectivity index (χ2v) is 7.33. The minimum Gasteiger partial charge on any atom is -0.495 e. The van der Waals surface area contributed by atoms with Crippen LogP contribution in [-0.4, -0.2) is 22.0 Å². The van der Waals surface area contributed by atoms with Crippen LogP contribution in [0.5, 0.6) is 5.75 Å². The smallest absolute Gasteiger partial charge is 0.175 e. The molecule has 0 amide bonds. The number of rotatable bonds is 5. The van der Waals surface area contributed by atoms with E-state index < -0.39 is 0 Å². The third-order valence-electron chi connectivity index (χ3n) is 4.51. The molecule has 29 heavy (non-hydrogen) atoms. The monoisotopic (exact) mass is 422 g/mol. The van der Waals surface area contributed by atoms with Gasteiger partial charge in [-0.3, -0.25) is 4.68 Å². The highest BCUT2D eigenvalue weighted by Gasteiger charge is 2.08. The number of nitrogens with one attached hydrogen (secondary N) is 2. The fourth-order valence-electron chi connectivity index (χ4n) is 3.18. The number of benzene rings is 3. The molecule has 0 aliphatic rings. The van der Waals surface area contributed by atoms with Gasteiger partial charge >= 0.3 is 0 Å². The van der Waals surface area contributed by atoms with Crippen LogP contribution in [0.4, 0.5) is 11.4 Å². The highest BCUT2D eigenvalue weighted by atomic mass is 35.5. The maximum atomic E-state index is 6.07. The zero-order chi connectivity index (χ0) is 20.2. The van der Waals surface area contributed by atoms with Crippen molar-refractivity contribution in [3.05, 3.63) is 83.6 Å². The SMILES string of the molecule is COc1ccc(Cl)cc1NC(=S)Nc1cnn(Cc2cccc3ccccc23)c1. The number of fused-ring (bicyclic) bond motifs is 1. The zero-order valence-electron chi connectivity index (χ0n) is 15.7. The quantitative estimate of drug-likeness (QED) is 0.412. The predicted molar refractivity (Wildman–Crippen MR) is 123 cm³/mol. The maximum absolute atomic E-state index is 6.07. The van der Waals surface area contributed by atoms with Crippen molar-refractivity contribution in [1.29, 1.82) is 0 Å². The Hall–Kier alpha value is -3.09. The minimum absolute atomic E-state index is 0.426. The van der Waals surface area contributed by atoms with Crippen molar-refractivity contribution in [3.63, 3.8) is 0 Å². The topological polar surface area (TPSA) is 51.1 Å². The Bertz CT molecular complexity index is 1170. The third-order valence-corrected chi connectivity index (χ3v) is 4.95. The van der Waals surface area contributed by atoms with Crippen molar-refractivity contribution in [3.8, 4) is 5.75 Å². The van der Waals surface area contributed by atoms with Crippen LogP contribution in [0.1, 0.15) is 5.56 Å². The first kappa shape index (κ1) is 19.2. The van der Waals surface area contributed by atoms with Gasteiger partial charge in [-0.25, -0.2) is 0 Å². The summed E-state index contributed by atoms with van der Waals surface area (Å²) in [7, 11) is 1.60. The Balaban J connectivity index is 1.45. The molecule has 0 saturated heterocycles. The molecule has 3 aromatic carbocycles. The number of thiocarbonyl (C=S) groups is 1. The number of ether oxygens (including phenoxy) is 1.